The van der Waals surface area contributed by atoms with E-state index in [0.717, 1.165) is 12.8 Å². The summed E-state index contributed by atoms with van der Waals surface area (Å²) in [5.41, 5.74) is 0. The molecular weight excluding hydrogens is 320 g/mol. The van der Waals surface area contributed by atoms with Crippen LogP contribution in [0.1, 0.15) is 44.9 Å². The number of hydrogen-bond acceptors (Lipinski definition) is 4. The van der Waals surface area contributed by atoms with E-state index in [0.29, 0.717) is 16.8 Å². The van der Waals surface area contributed by atoms with Crippen LogP contribution in [-0.2, 0) is 14.8 Å². The largest absolute Gasteiger partial charge is 0.338 e. The molecule has 22 heavy (non-hydrogen) atoms. The molecule has 1 saturated carbocycles. The Labute approximate surface area is 135 Å². The van der Waals surface area contributed by atoms with Crippen LogP contribution in [0.25, 0.3) is 0 Å². The summed E-state index contributed by atoms with van der Waals surface area (Å²) in [5, 5.41) is 1.74. The standard InChI is InChI=1S/C15H22N2O3S2/c18-14-10-12(16-22(19,20)15-8-5-9-21-15)11-17(14)13-6-3-1-2-4-7-13/h5,8-9,12-13,16H,1-4,6-7,10-11H2/t12-/m1/s1. The molecule has 0 aromatic carbocycles. The van der Waals surface area contributed by atoms with Crippen molar-refractivity contribution < 1.29 is 13.2 Å². The van der Waals surface area contributed by atoms with Crippen LogP contribution in [0, 0.1) is 0 Å². The monoisotopic (exact) mass is 342 g/mol. The molecule has 2 fully saturated rings. The van der Waals surface area contributed by atoms with Crippen LogP contribution < -0.4 is 4.72 Å². The van der Waals surface area contributed by atoms with E-state index in [1.165, 1.54) is 37.0 Å². The Kier molecular flexibility index (Phi) is 4.84. The van der Waals surface area contributed by atoms with Gasteiger partial charge < -0.3 is 4.90 Å². The fourth-order valence-corrected chi connectivity index (χ4v) is 5.66. The van der Waals surface area contributed by atoms with E-state index in [9.17, 15) is 13.2 Å². The van der Waals surface area contributed by atoms with Gasteiger partial charge in [0.1, 0.15) is 4.21 Å². The molecule has 2 aliphatic rings. The van der Waals surface area contributed by atoms with Crippen molar-refractivity contribution in [3.63, 3.8) is 0 Å². The maximum atomic E-state index is 12.3. The van der Waals surface area contributed by atoms with Crippen molar-refractivity contribution in [2.24, 2.45) is 0 Å². The van der Waals surface area contributed by atoms with E-state index >= 15 is 0 Å². The van der Waals surface area contributed by atoms with E-state index in [4.69, 9.17) is 0 Å². The molecule has 5 nitrogen and oxygen atoms in total. The minimum atomic E-state index is -3.50. The summed E-state index contributed by atoms with van der Waals surface area (Å²) in [6, 6.07) is 3.30. The fourth-order valence-electron chi connectivity index (χ4n) is 3.43. The lowest BCUT2D eigenvalue weighted by Gasteiger charge is -2.27. The summed E-state index contributed by atoms with van der Waals surface area (Å²) in [6.07, 6.45) is 7.20. The highest BCUT2D eigenvalue weighted by Crippen LogP contribution is 2.26. The number of hydrogen-bond donors (Lipinski definition) is 1. The predicted octanol–water partition coefficient (Wildman–Crippen LogP) is 2.35. The first-order valence-corrected chi connectivity index (χ1v) is 10.3. The maximum Gasteiger partial charge on any atom is 0.250 e. The van der Waals surface area contributed by atoms with Gasteiger partial charge in [0.15, 0.2) is 0 Å². The lowest BCUT2D eigenvalue weighted by molar-refractivity contribution is -0.129. The van der Waals surface area contributed by atoms with Gasteiger partial charge in [0.05, 0.1) is 0 Å². The molecule has 0 spiro atoms. The van der Waals surface area contributed by atoms with Gasteiger partial charge in [-0.3, -0.25) is 4.79 Å². The fraction of sp³-hybridized carbons (Fsp3) is 0.667. The molecule has 2 heterocycles. The SMILES string of the molecule is O=C1C[C@@H](NS(=O)(=O)c2cccs2)CN1C1CCCCCC1. The van der Waals surface area contributed by atoms with Gasteiger partial charge in [0.25, 0.3) is 0 Å². The average Bonchev–Trinajstić information content (AvgIpc) is 3.03. The molecular formula is C15H22N2O3S2. The van der Waals surface area contributed by atoms with Crippen LogP contribution in [0.5, 0.6) is 0 Å². The Morgan fingerprint density at radius 1 is 1.18 bits per heavy atom. The molecule has 1 aliphatic carbocycles. The molecule has 0 radical (unpaired) electrons. The van der Waals surface area contributed by atoms with Crippen molar-refractivity contribution in [3.05, 3.63) is 17.5 Å². The summed E-state index contributed by atoms with van der Waals surface area (Å²) in [4.78, 5) is 14.2. The van der Waals surface area contributed by atoms with Gasteiger partial charge in [0, 0.05) is 25.0 Å². The number of nitrogens with zero attached hydrogens (tertiary/aromatic N) is 1. The highest BCUT2D eigenvalue weighted by molar-refractivity contribution is 7.91. The van der Waals surface area contributed by atoms with Gasteiger partial charge in [-0.05, 0) is 24.3 Å². The van der Waals surface area contributed by atoms with Crippen molar-refractivity contribution in [2.45, 2.75) is 61.2 Å². The summed E-state index contributed by atoms with van der Waals surface area (Å²) >= 11 is 1.20. The van der Waals surface area contributed by atoms with E-state index in [-0.39, 0.29) is 18.4 Å². The van der Waals surface area contributed by atoms with Crippen molar-refractivity contribution in [3.8, 4) is 0 Å². The molecule has 0 bridgehead atoms. The quantitative estimate of drug-likeness (QED) is 0.854. The second kappa shape index (κ2) is 6.68. The molecule has 1 aromatic rings. The van der Waals surface area contributed by atoms with Gasteiger partial charge in [0.2, 0.25) is 15.9 Å². The lowest BCUT2D eigenvalue weighted by atomic mass is 10.1. The van der Waals surface area contributed by atoms with Crippen LogP contribution in [0.3, 0.4) is 0 Å². The third kappa shape index (κ3) is 3.52. The Morgan fingerprint density at radius 3 is 2.55 bits per heavy atom. The molecule has 1 aromatic heterocycles. The van der Waals surface area contributed by atoms with Crippen LogP contribution in [0.4, 0.5) is 0 Å². The molecule has 1 aliphatic heterocycles. The molecule has 7 heteroatoms. The number of nitrogens with one attached hydrogen (secondary N) is 1. The van der Waals surface area contributed by atoms with Crippen LogP contribution >= 0.6 is 11.3 Å². The van der Waals surface area contributed by atoms with E-state index in [1.54, 1.807) is 17.5 Å². The van der Waals surface area contributed by atoms with Crippen molar-refractivity contribution in [1.29, 1.82) is 0 Å². The number of amides is 1. The molecule has 1 N–H and O–H groups in total. The van der Waals surface area contributed by atoms with Crippen LogP contribution in [-0.4, -0.2) is 37.9 Å². The number of rotatable bonds is 4. The molecule has 1 amide bonds. The minimum absolute atomic E-state index is 0.0887. The van der Waals surface area contributed by atoms with Crippen LogP contribution in [0.15, 0.2) is 21.7 Å². The third-order valence-corrected chi connectivity index (χ3v) is 7.42. The highest BCUT2D eigenvalue weighted by Gasteiger charge is 2.36. The zero-order valence-electron chi connectivity index (χ0n) is 12.5. The van der Waals surface area contributed by atoms with Gasteiger partial charge in [-0.15, -0.1) is 11.3 Å². The smallest absolute Gasteiger partial charge is 0.250 e. The Morgan fingerprint density at radius 2 is 1.91 bits per heavy atom. The Hall–Kier alpha value is -0.920. The first-order chi connectivity index (χ1) is 10.6. The zero-order chi connectivity index (χ0) is 15.6. The summed E-state index contributed by atoms with van der Waals surface area (Å²) in [6.45, 7) is 0.508. The maximum absolute atomic E-state index is 12.3. The first kappa shape index (κ1) is 16.0. The number of carbonyl (C=O) groups is 1. The summed E-state index contributed by atoms with van der Waals surface area (Å²) < 4.78 is 27.5. The van der Waals surface area contributed by atoms with E-state index < -0.39 is 10.0 Å². The van der Waals surface area contributed by atoms with E-state index in [1.807, 2.05) is 4.90 Å². The van der Waals surface area contributed by atoms with Crippen molar-refractivity contribution >= 4 is 27.3 Å². The second-order valence-electron chi connectivity index (χ2n) is 6.15. The minimum Gasteiger partial charge on any atom is -0.338 e. The lowest BCUT2D eigenvalue weighted by Crippen LogP contribution is -2.40. The van der Waals surface area contributed by atoms with Crippen LogP contribution in [0.2, 0.25) is 0 Å². The molecule has 1 saturated heterocycles. The topological polar surface area (TPSA) is 66.5 Å². The zero-order valence-corrected chi connectivity index (χ0v) is 14.2. The molecule has 3 rings (SSSR count). The van der Waals surface area contributed by atoms with Gasteiger partial charge in [-0.25, -0.2) is 13.1 Å². The number of carbonyl (C=O) groups excluding carboxylic acids is 1. The van der Waals surface area contributed by atoms with Gasteiger partial charge in [-0.2, -0.15) is 0 Å². The predicted molar refractivity (Wildman–Crippen MR) is 86.2 cm³/mol. The number of thiophene rings is 1. The summed E-state index contributed by atoms with van der Waals surface area (Å²) in [5.74, 6) is 0.0887. The van der Waals surface area contributed by atoms with Gasteiger partial charge in [-0.1, -0.05) is 31.7 Å². The summed E-state index contributed by atoms with van der Waals surface area (Å²) in [7, 11) is -3.50. The van der Waals surface area contributed by atoms with Crippen molar-refractivity contribution in [1.82, 2.24) is 9.62 Å². The molecule has 0 unspecified atom stereocenters. The van der Waals surface area contributed by atoms with E-state index in [2.05, 4.69) is 4.72 Å². The normalized spacial score (nSPS) is 24.6. The number of sulfonamides is 1. The average molecular weight is 342 g/mol. The van der Waals surface area contributed by atoms with Gasteiger partial charge >= 0.3 is 0 Å². The second-order valence-corrected chi connectivity index (χ2v) is 9.03. The van der Waals surface area contributed by atoms with Crippen molar-refractivity contribution in [2.75, 3.05) is 6.54 Å². The third-order valence-electron chi connectivity index (χ3n) is 4.51. The Balaban J connectivity index is 1.64. The first-order valence-electron chi connectivity index (χ1n) is 7.91. The highest BCUT2D eigenvalue weighted by atomic mass is 32.2. The molecule has 122 valence electrons. The molecule has 1 atom stereocenters. The number of likely N-dealkylation sites (tertiary alicyclic amines) is 1. The Bertz CT molecular complexity index is 605.